The molecule has 0 amide bonds. The van der Waals surface area contributed by atoms with Crippen molar-refractivity contribution in [3.05, 3.63) is 29.8 Å². The molecule has 0 aliphatic carbocycles. The summed E-state index contributed by atoms with van der Waals surface area (Å²) in [5.41, 5.74) is 1.56. The molecular weight excluding hydrogens is 234 g/mol. The van der Waals surface area contributed by atoms with E-state index in [1.54, 1.807) is 0 Å². The minimum Gasteiger partial charge on any atom is -0.491 e. The molecule has 2 heteroatoms. The van der Waals surface area contributed by atoms with Crippen molar-refractivity contribution in [3.63, 3.8) is 0 Å². The van der Waals surface area contributed by atoms with Gasteiger partial charge in [0.05, 0.1) is 6.10 Å². The minimum atomic E-state index is 0.214. The lowest BCUT2D eigenvalue weighted by Crippen LogP contribution is -2.40. The van der Waals surface area contributed by atoms with Crippen molar-refractivity contribution in [2.24, 2.45) is 0 Å². The van der Waals surface area contributed by atoms with Crippen LogP contribution in [0.2, 0.25) is 0 Å². The summed E-state index contributed by atoms with van der Waals surface area (Å²) in [4.78, 5) is 2.61. The Morgan fingerprint density at radius 1 is 1.21 bits per heavy atom. The first-order valence-electron chi connectivity index (χ1n) is 7.42. The van der Waals surface area contributed by atoms with E-state index in [-0.39, 0.29) is 11.6 Å². The third kappa shape index (κ3) is 3.30. The summed E-state index contributed by atoms with van der Waals surface area (Å²) < 4.78 is 5.99. The molecule has 2 rings (SSSR count). The fraction of sp³-hybridized carbons (Fsp3) is 0.647. The maximum Gasteiger partial charge on any atom is 0.124 e. The molecule has 0 spiro atoms. The molecule has 2 nitrogen and oxygen atoms in total. The maximum atomic E-state index is 5.99. The Labute approximate surface area is 117 Å². The molecule has 1 aliphatic heterocycles. The Morgan fingerprint density at radius 2 is 1.89 bits per heavy atom. The lowest BCUT2D eigenvalue weighted by molar-refractivity contribution is 0.118. The number of ether oxygens (including phenoxy) is 1. The van der Waals surface area contributed by atoms with Gasteiger partial charge in [-0.15, -0.1) is 0 Å². The number of para-hydroxylation sites is 1. The Bertz CT molecular complexity index is 420. The smallest absolute Gasteiger partial charge is 0.124 e. The fourth-order valence-corrected chi connectivity index (χ4v) is 3.01. The molecule has 1 aromatic carbocycles. The van der Waals surface area contributed by atoms with Gasteiger partial charge >= 0.3 is 0 Å². The van der Waals surface area contributed by atoms with E-state index in [1.165, 1.54) is 24.9 Å². The zero-order chi connectivity index (χ0) is 14.0. The van der Waals surface area contributed by atoms with E-state index >= 15 is 0 Å². The lowest BCUT2D eigenvalue weighted by atomic mass is 9.98. The van der Waals surface area contributed by atoms with Gasteiger partial charge in [0.15, 0.2) is 0 Å². The van der Waals surface area contributed by atoms with Gasteiger partial charge in [-0.3, -0.25) is 4.90 Å². The number of nitrogens with zero attached hydrogens (tertiary/aromatic N) is 1. The lowest BCUT2D eigenvalue weighted by Gasteiger charge is -2.37. The molecule has 0 bridgehead atoms. The summed E-state index contributed by atoms with van der Waals surface area (Å²) in [5.74, 6) is 1.05. The molecule has 1 fully saturated rings. The van der Waals surface area contributed by atoms with E-state index in [0.717, 1.165) is 5.75 Å². The molecule has 1 aliphatic rings. The topological polar surface area (TPSA) is 12.5 Å². The van der Waals surface area contributed by atoms with E-state index in [1.807, 2.05) is 0 Å². The number of rotatable bonds is 3. The third-order valence-electron chi connectivity index (χ3n) is 3.76. The molecular formula is C17H27NO. The predicted molar refractivity (Wildman–Crippen MR) is 80.6 cm³/mol. The first kappa shape index (κ1) is 14.4. The van der Waals surface area contributed by atoms with Crippen LogP contribution >= 0.6 is 0 Å². The first-order chi connectivity index (χ1) is 8.89. The number of benzene rings is 1. The molecule has 106 valence electrons. The summed E-state index contributed by atoms with van der Waals surface area (Å²) >= 11 is 0. The SMILES string of the molecule is CC(C)Oc1ccccc1C1CCCN1C(C)(C)C. The number of hydrogen-bond acceptors (Lipinski definition) is 2. The van der Waals surface area contributed by atoms with Gasteiger partial charge in [0.25, 0.3) is 0 Å². The number of hydrogen-bond donors (Lipinski definition) is 0. The van der Waals surface area contributed by atoms with Crippen LogP contribution in [-0.4, -0.2) is 23.1 Å². The molecule has 1 heterocycles. The Morgan fingerprint density at radius 3 is 2.53 bits per heavy atom. The van der Waals surface area contributed by atoms with Crippen LogP contribution in [0.4, 0.5) is 0 Å². The van der Waals surface area contributed by atoms with E-state index in [0.29, 0.717) is 6.04 Å². The highest BCUT2D eigenvalue weighted by atomic mass is 16.5. The summed E-state index contributed by atoms with van der Waals surface area (Å²) in [6.45, 7) is 12.3. The highest BCUT2D eigenvalue weighted by Gasteiger charge is 2.35. The minimum absolute atomic E-state index is 0.214. The summed E-state index contributed by atoms with van der Waals surface area (Å²) in [6, 6.07) is 9.02. The van der Waals surface area contributed by atoms with Crippen molar-refractivity contribution >= 4 is 0 Å². The van der Waals surface area contributed by atoms with Crippen molar-refractivity contribution in [2.45, 2.75) is 65.1 Å². The van der Waals surface area contributed by atoms with Gasteiger partial charge in [0, 0.05) is 17.1 Å². The molecule has 0 aromatic heterocycles. The standard InChI is InChI=1S/C17H27NO/c1-13(2)19-16-11-7-6-9-14(16)15-10-8-12-18(15)17(3,4)5/h6-7,9,11,13,15H,8,10,12H2,1-5H3. The van der Waals surface area contributed by atoms with Gasteiger partial charge in [-0.1, -0.05) is 18.2 Å². The molecule has 1 unspecified atom stereocenters. The van der Waals surface area contributed by atoms with Gasteiger partial charge in [-0.05, 0) is 60.1 Å². The molecule has 1 atom stereocenters. The molecule has 0 radical (unpaired) electrons. The molecule has 0 saturated carbocycles. The predicted octanol–water partition coefficient (Wildman–Crippen LogP) is 4.41. The van der Waals surface area contributed by atoms with E-state index in [4.69, 9.17) is 4.74 Å². The quantitative estimate of drug-likeness (QED) is 0.799. The fourth-order valence-electron chi connectivity index (χ4n) is 3.01. The second-order valence-corrected chi connectivity index (χ2v) is 6.73. The van der Waals surface area contributed by atoms with Crippen molar-refractivity contribution in [3.8, 4) is 5.75 Å². The zero-order valence-corrected chi connectivity index (χ0v) is 12.9. The molecule has 1 saturated heterocycles. The van der Waals surface area contributed by atoms with Crippen molar-refractivity contribution in [1.29, 1.82) is 0 Å². The summed E-state index contributed by atoms with van der Waals surface area (Å²) in [5, 5.41) is 0. The molecule has 19 heavy (non-hydrogen) atoms. The largest absolute Gasteiger partial charge is 0.491 e. The van der Waals surface area contributed by atoms with Crippen molar-refractivity contribution < 1.29 is 4.74 Å². The van der Waals surface area contributed by atoms with Crippen molar-refractivity contribution in [1.82, 2.24) is 4.90 Å². The van der Waals surface area contributed by atoms with Crippen LogP contribution in [0.25, 0.3) is 0 Å². The number of likely N-dealkylation sites (tertiary alicyclic amines) is 1. The normalized spacial score (nSPS) is 21.1. The van der Waals surface area contributed by atoms with Crippen LogP contribution in [0.15, 0.2) is 24.3 Å². The van der Waals surface area contributed by atoms with Crippen LogP contribution in [-0.2, 0) is 0 Å². The van der Waals surface area contributed by atoms with Crippen molar-refractivity contribution in [2.75, 3.05) is 6.54 Å². The maximum absolute atomic E-state index is 5.99. The molecule has 1 aromatic rings. The Hall–Kier alpha value is -1.02. The van der Waals surface area contributed by atoms with Crippen LogP contribution in [0.3, 0.4) is 0 Å². The average Bonchev–Trinajstić information content (AvgIpc) is 2.77. The Kier molecular flexibility index (Phi) is 4.19. The molecule has 0 N–H and O–H groups in total. The van der Waals surface area contributed by atoms with E-state index in [2.05, 4.69) is 63.8 Å². The Balaban J connectivity index is 2.30. The third-order valence-corrected chi connectivity index (χ3v) is 3.76. The van der Waals surface area contributed by atoms with Gasteiger partial charge in [0.1, 0.15) is 5.75 Å². The van der Waals surface area contributed by atoms with Gasteiger partial charge in [-0.25, -0.2) is 0 Å². The van der Waals surface area contributed by atoms with E-state index in [9.17, 15) is 0 Å². The van der Waals surface area contributed by atoms with Gasteiger partial charge < -0.3 is 4.74 Å². The van der Waals surface area contributed by atoms with Crippen LogP contribution in [0.1, 0.15) is 59.1 Å². The van der Waals surface area contributed by atoms with Crippen LogP contribution in [0.5, 0.6) is 5.75 Å². The first-order valence-corrected chi connectivity index (χ1v) is 7.42. The monoisotopic (exact) mass is 261 g/mol. The zero-order valence-electron chi connectivity index (χ0n) is 12.9. The van der Waals surface area contributed by atoms with Gasteiger partial charge in [0.2, 0.25) is 0 Å². The van der Waals surface area contributed by atoms with Crippen LogP contribution in [0, 0.1) is 0 Å². The van der Waals surface area contributed by atoms with Crippen LogP contribution < -0.4 is 4.74 Å². The second-order valence-electron chi connectivity index (χ2n) is 6.73. The summed E-state index contributed by atoms with van der Waals surface area (Å²) in [6.07, 6.45) is 2.74. The highest BCUT2D eigenvalue weighted by Crippen LogP contribution is 2.40. The summed E-state index contributed by atoms with van der Waals surface area (Å²) in [7, 11) is 0. The van der Waals surface area contributed by atoms with E-state index < -0.39 is 0 Å². The highest BCUT2D eigenvalue weighted by molar-refractivity contribution is 5.37. The average molecular weight is 261 g/mol. The van der Waals surface area contributed by atoms with Gasteiger partial charge in [-0.2, -0.15) is 0 Å². The second kappa shape index (κ2) is 5.54.